The number of ether oxygens (including phenoxy) is 1. The molecule has 1 heterocycles. The van der Waals surface area contributed by atoms with Crippen molar-refractivity contribution in [3.63, 3.8) is 0 Å². The minimum Gasteiger partial charge on any atom is -0.508 e. The Morgan fingerprint density at radius 1 is 1.22 bits per heavy atom. The molecule has 0 saturated carbocycles. The zero-order chi connectivity index (χ0) is 16.8. The van der Waals surface area contributed by atoms with Gasteiger partial charge in [0.2, 0.25) is 0 Å². The van der Waals surface area contributed by atoms with E-state index in [9.17, 15) is 20.1 Å². The maximum absolute atomic E-state index is 12.3. The molecule has 2 rings (SSSR count). The standard InChI is InChI=1S/C18H22O5/c1-12-6-5-9-14(19)8-4-2-3-7-13-10-15(20)11-16(21)17(13)18(22)23-12/h3,5-7,10-12,14,19-21H,2,4,8-9H2,1H3/b6-5-,7-3+/t12-,14+/m0/s1. The van der Waals surface area contributed by atoms with E-state index >= 15 is 0 Å². The SMILES string of the molecule is C[C@H]1/C=C\C[C@H](O)CCC/C=C/c2cc(O)cc(O)c2C(=O)O1. The fourth-order valence-electron chi connectivity index (χ4n) is 2.48. The molecule has 5 heteroatoms. The van der Waals surface area contributed by atoms with E-state index in [1.807, 2.05) is 6.08 Å². The second-order valence-corrected chi connectivity index (χ2v) is 5.69. The lowest BCUT2D eigenvalue weighted by molar-refractivity contribution is 0.0420. The Morgan fingerprint density at radius 3 is 2.78 bits per heavy atom. The van der Waals surface area contributed by atoms with Crippen molar-refractivity contribution in [1.29, 1.82) is 0 Å². The summed E-state index contributed by atoms with van der Waals surface area (Å²) in [5.41, 5.74) is 0.442. The summed E-state index contributed by atoms with van der Waals surface area (Å²) in [5.74, 6) is -1.09. The second-order valence-electron chi connectivity index (χ2n) is 5.69. The van der Waals surface area contributed by atoms with Crippen LogP contribution in [0.4, 0.5) is 0 Å². The van der Waals surface area contributed by atoms with Gasteiger partial charge in [-0.2, -0.15) is 0 Å². The summed E-state index contributed by atoms with van der Waals surface area (Å²) in [5, 5.41) is 29.4. The highest BCUT2D eigenvalue weighted by atomic mass is 16.5. The number of carbonyl (C=O) groups excluding carboxylic acids is 1. The first kappa shape index (κ1) is 17.1. The van der Waals surface area contributed by atoms with Crippen molar-refractivity contribution in [2.24, 2.45) is 0 Å². The monoisotopic (exact) mass is 318 g/mol. The summed E-state index contributed by atoms with van der Waals surface area (Å²) in [4.78, 5) is 12.3. The smallest absolute Gasteiger partial charge is 0.343 e. The molecule has 0 saturated heterocycles. The number of cyclic esters (lactones) is 1. The largest absolute Gasteiger partial charge is 0.508 e. The van der Waals surface area contributed by atoms with Gasteiger partial charge < -0.3 is 20.1 Å². The van der Waals surface area contributed by atoms with Crippen LogP contribution in [0.25, 0.3) is 6.08 Å². The van der Waals surface area contributed by atoms with Gasteiger partial charge in [-0.3, -0.25) is 0 Å². The van der Waals surface area contributed by atoms with Gasteiger partial charge in [-0.1, -0.05) is 18.2 Å². The molecule has 0 bridgehead atoms. The van der Waals surface area contributed by atoms with Crippen LogP contribution < -0.4 is 0 Å². The van der Waals surface area contributed by atoms with Crippen molar-refractivity contribution in [2.45, 2.75) is 44.8 Å². The zero-order valence-electron chi connectivity index (χ0n) is 13.1. The van der Waals surface area contributed by atoms with Crippen LogP contribution in [0.3, 0.4) is 0 Å². The molecule has 124 valence electrons. The molecule has 1 aliphatic rings. The van der Waals surface area contributed by atoms with E-state index in [2.05, 4.69) is 0 Å². The summed E-state index contributed by atoms with van der Waals surface area (Å²) in [7, 11) is 0. The summed E-state index contributed by atoms with van der Waals surface area (Å²) in [6.07, 6.45) is 8.86. The molecule has 0 amide bonds. The van der Waals surface area contributed by atoms with Crippen molar-refractivity contribution in [3.05, 3.63) is 41.5 Å². The Morgan fingerprint density at radius 2 is 2.00 bits per heavy atom. The van der Waals surface area contributed by atoms with Crippen LogP contribution in [0.15, 0.2) is 30.4 Å². The number of allylic oxidation sites excluding steroid dienone is 1. The van der Waals surface area contributed by atoms with E-state index in [4.69, 9.17) is 4.74 Å². The number of hydrogen-bond acceptors (Lipinski definition) is 5. The quantitative estimate of drug-likeness (QED) is 0.505. The lowest BCUT2D eigenvalue weighted by atomic mass is 10.0. The Balaban J connectivity index is 2.35. The highest BCUT2D eigenvalue weighted by molar-refractivity contribution is 5.97. The van der Waals surface area contributed by atoms with Gasteiger partial charge in [0.25, 0.3) is 0 Å². The molecule has 2 atom stereocenters. The molecular weight excluding hydrogens is 296 g/mol. The number of aliphatic hydroxyl groups is 1. The first-order valence-corrected chi connectivity index (χ1v) is 7.75. The fraction of sp³-hybridized carbons (Fsp3) is 0.389. The van der Waals surface area contributed by atoms with Gasteiger partial charge in [0.1, 0.15) is 23.2 Å². The van der Waals surface area contributed by atoms with Crippen molar-refractivity contribution < 1.29 is 24.9 Å². The van der Waals surface area contributed by atoms with E-state index in [1.54, 1.807) is 25.2 Å². The van der Waals surface area contributed by atoms with Crippen LogP contribution in [0.5, 0.6) is 11.5 Å². The minimum absolute atomic E-state index is 0.0383. The minimum atomic E-state index is -0.656. The Hall–Kier alpha value is -2.27. The third kappa shape index (κ3) is 4.86. The van der Waals surface area contributed by atoms with Crippen LogP contribution in [0.1, 0.15) is 48.5 Å². The highest BCUT2D eigenvalue weighted by Gasteiger charge is 2.19. The number of carbonyl (C=O) groups is 1. The molecule has 0 unspecified atom stereocenters. The van der Waals surface area contributed by atoms with Crippen LogP contribution in [-0.4, -0.2) is 33.5 Å². The normalized spacial score (nSPS) is 25.7. The molecule has 5 nitrogen and oxygen atoms in total. The third-order valence-corrected chi connectivity index (χ3v) is 3.65. The van der Waals surface area contributed by atoms with E-state index in [-0.39, 0.29) is 17.1 Å². The van der Waals surface area contributed by atoms with Gasteiger partial charge in [0, 0.05) is 6.07 Å². The number of aliphatic hydroxyl groups excluding tert-OH is 1. The van der Waals surface area contributed by atoms with Crippen molar-refractivity contribution >= 4 is 12.0 Å². The third-order valence-electron chi connectivity index (χ3n) is 3.65. The molecule has 1 aromatic carbocycles. The average Bonchev–Trinajstić information content (AvgIpc) is 2.45. The molecule has 0 spiro atoms. The molecular formula is C18H22O5. The lowest BCUT2D eigenvalue weighted by Gasteiger charge is -2.14. The zero-order valence-corrected chi connectivity index (χ0v) is 13.1. The maximum Gasteiger partial charge on any atom is 0.343 e. The maximum atomic E-state index is 12.3. The van der Waals surface area contributed by atoms with Crippen LogP contribution in [0, 0.1) is 0 Å². The predicted octanol–water partition coefficient (Wildman–Crippen LogP) is 3.15. The van der Waals surface area contributed by atoms with Gasteiger partial charge in [-0.05, 0) is 50.3 Å². The number of benzene rings is 1. The number of rotatable bonds is 0. The summed E-state index contributed by atoms with van der Waals surface area (Å²) < 4.78 is 5.29. The van der Waals surface area contributed by atoms with E-state index in [0.29, 0.717) is 18.4 Å². The van der Waals surface area contributed by atoms with Crippen LogP contribution >= 0.6 is 0 Å². The first-order chi connectivity index (χ1) is 11.0. The molecule has 1 aliphatic heterocycles. The van der Waals surface area contributed by atoms with E-state index < -0.39 is 18.2 Å². The number of aromatic hydroxyl groups is 2. The summed E-state index contributed by atoms with van der Waals surface area (Å²) in [6, 6.07) is 2.53. The Kier molecular flexibility index (Phi) is 5.82. The summed E-state index contributed by atoms with van der Waals surface area (Å²) >= 11 is 0. The van der Waals surface area contributed by atoms with Gasteiger partial charge in [0.05, 0.1) is 6.10 Å². The van der Waals surface area contributed by atoms with Crippen molar-refractivity contribution in [2.75, 3.05) is 0 Å². The molecule has 0 radical (unpaired) electrons. The van der Waals surface area contributed by atoms with E-state index in [1.165, 1.54) is 6.07 Å². The molecule has 0 fully saturated rings. The topological polar surface area (TPSA) is 87.0 Å². The molecule has 0 aromatic heterocycles. The highest BCUT2D eigenvalue weighted by Crippen LogP contribution is 2.29. The van der Waals surface area contributed by atoms with Crippen molar-refractivity contribution in [1.82, 2.24) is 0 Å². The molecule has 3 N–H and O–H groups in total. The number of hydrogen-bond donors (Lipinski definition) is 3. The molecule has 0 aliphatic carbocycles. The lowest BCUT2D eigenvalue weighted by Crippen LogP contribution is -2.14. The van der Waals surface area contributed by atoms with Gasteiger partial charge in [-0.25, -0.2) is 4.79 Å². The van der Waals surface area contributed by atoms with Gasteiger partial charge in [0.15, 0.2) is 0 Å². The van der Waals surface area contributed by atoms with Gasteiger partial charge in [-0.15, -0.1) is 0 Å². The average molecular weight is 318 g/mol. The number of phenolic OH excluding ortho intramolecular Hbond substituents is 2. The molecule has 1 aromatic rings. The summed E-state index contributed by atoms with van der Waals surface area (Å²) in [6.45, 7) is 1.71. The Bertz CT molecular complexity index is 618. The fourth-order valence-corrected chi connectivity index (χ4v) is 2.48. The van der Waals surface area contributed by atoms with Crippen LogP contribution in [0.2, 0.25) is 0 Å². The number of esters is 1. The van der Waals surface area contributed by atoms with E-state index in [0.717, 1.165) is 18.9 Å². The number of fused-ring (bicyclic) bond motifs is 1. The van der Waals surface area contributed by atoms with Crippen molar-refractivity contribution in [3.8, 4) is 11.5 Å². The second kappa shape index (κ2) is 7.83. The van der Waals surface area contributed by atoms with Crippen LogP contribution in [-0.2, 0) is 4.74 Å². The molecule has 23 heavy (non-hydrogen) atoms. The first-order valence-electron chi connectivity index (χ1n) is 7.75. The Labute approximate surface area is 135 Å². The predicted molar refractivity (Wildman–Crippen MR) is 87.3 cm³/mol. The van der Waals surface area contributed by atoms with Gasteiger partial charge >= 0.3 is 5.97 Å². The number of phenols is 2.